The first-order valence-corrected chi connectivity index (χ1v) is 2.79. The molecule has 3 heteroatoms. The largest absolute Gasteiger partial charge is 0.352 e. The molecule has 1 aromatic carbocycles. The SMILES string of the molecule is Fc1cccc2[c]noc12. The molecule has 0 saturated carbocycles. The lowest BCUT2D eigenvalue weighted by atomic mass is 10.3. The molecule has 0 atom stereocenters. The molecule has 1 heterocycles. The van der Waals surface area contributed by atoms with E-state index in [1.807, 2.05) is 0 Å². The fraction of sp³-hybridized carbons (Fsp3) is 0. The normalized spacial score (nSPS) is 10.5. The molecule has 0 amide bonds. The molecular weight excluding hydrogens is 133 g/mol. The van der Waals surface area contributed by atoms with E-state index < -0.39 is 5.82 Å². The molecule has 0 fully saturated rings. The highest BCUT2D eigenvalue weighted by atomic mass is 19.1. The van der Waals surface area contributed by atoms with Crippen LogP contribution in [0.25, 0.3) is 11.0 Å². The first kappa shape index (κ1) is 5.41. The van der Waals surface area contributed by atoms with Gasteiger partial charge in [0.15, 0.2) is 5.82 Å². The summed E-state index contributed by atoms with van der Waals surface area (Å²) in [5.41, 5.74) is 0.169. The Balaban J connectivity index is 2.95. The van der Waals surface area contributed by atoms with Crippen molar-refractivity contribution in [2.45, 2.75) is 0 Å². The number of hydrogen-bond donors (Lipinski definition) is 0. The maximum absolute atomic E-state index is 12.7. The molecule has 0 bridgehead atoms. The van der Waals surface area contributed by atoms with E-state index in [0.29, 0.717) is 5.39 Å². The lowest BCUT2D eigenvalue weighted by Gasteiger charge is -1.84. The van der Waals surface area contributed by atoms with E-state index in [-0.39, 0.29) is 5.58 Å². The molecule has 1 radical (unpaired) electrons. The second-order valence-corrected chi connectivity index (χ2v) is 1.91. The lowest BCUT2D eigenvalue weighted by Crippen LogP contribution is -1.70. The van der Waals surface area contributed by atoms with Crippen LogP contribution in [0.5, 0.6) is 0 Å². The van der Waals surface area contributed by atoms with Crippen molar-refractivity contribution in [2.24, 2.45) is 0 Å². The van der Waals surface area contributed by atoms with Crippen molar-refractivity contribution < 1.29 is 8.91 Å². The average molecular weight is 136 g/mol. The molecular formula is C7H3FNO. The van der Waals surface area contributed by atoms with Gasteiger partial charge in [0.2, 0.25) is 5.58 Å². The molecule has 0 spiro atoms. The van der Waals surface area contributed by atoms with Gasteiger partial charge in [0.25, 0.3) is 0 Å². The summed E-state index contributed by atoms with van der Waals surface area (Å²) in [7, 11) is 0. The van der Waals surface area contributed by atoms with E-state index in [1.165, 1.54) is 6.07 Å². The topological polar surface area (TPSA) is 26.0 Å². The standard InChI is InChI=1S/C7H3FNO/c8-6-3-1-2-5-4-9-10-7(5)6/h1-3H. The highest BCUT2D eigenvalue weighted by molar-refractivity contribution is 5.75. The van der Waals surface area contributed by atoms with Crippen LogP contribution in [-0.4, -0.2) is 5.16 Å². The molecule has 2 aromatic rings. The van der Waals surface area contributed by atoms with Gasteiger partial charge < -0.3 is 4.52 Å². The zero-order valence-electron chi connectivity index (χ0n) is 4.97. The quantitative estimate of drug-likeness (QED) is 0.551. The van der Waals surface area contributed by atoms with Crippen LogP contribution in [0.4, 0.5) is 4.39 Å². The number of halogens is 1. The third-order valence-corrected chi connectivity index (χ3v) is 1.27. The number of benzene rings is 1. The van der Waals surface area contributed by atoms with Gasteiger partial charge in [-0.05, 0) is 12.1 Å². The monoisotopic (exact) mass is 136 g/mol. The van der Waals surface area contributed by atoms with Gasteiger partial charge in [0, 0.05) is 0 Å². The van der Waals surface area contributed by atoms with Gasteiger partial charge in [-0.3, -0.25) is 0 Å². The smallest absolute Gasteiger partial charge is 0.203 e. The van der Waals surface area contributed by atoms with E-state index in [4.69, 9.17) is 0 Å². The van der Waals surface area contributed by atoms with Crippen molar-refractivity contribution in [3.63, 3.8) is 0 Å². The second-order valence-electron chi connectivity index (χ2n) is 1.91. The Bertz CT molecular complexity index is 355. The summed E-state index contributed by atoms with van der Waals surface area (Å²) in [5, 5.41) is 3.89. The summed E-state index contributed by atoms with van der Waals surface area (Å²) in [6.45, 7) is 0. The number of rotatable bonds is 0. The van der Waals surface area contributed by atoms with E-state index >= 15 is 0 Å². The Morgan fingerprint density at radius 2 is 2.40 bits per heavy atom. The average Bonchev–Trinajstić information content (AvgIpc) is 2.36. The summed E-state index contributed by atoms with van der Waals surface area (Å²) in [6.07, 6.45) is 2.50. The lowest BCUT2D eigenvalue weighted by molar-refractivity contribution is 0.439. The van der Waals surface area contributed by atoms with E-state index in [1.54, 1.807) is 12.1 Å². The molecule has 0 unspecified atom stereocenters. The molecule has 0 aliphatic rings. The highest BCUT2D eigenvalue weighted by Crippen LogP contribution is 2.14. The van der Waals surface area contributed by atoms with Crippen molar-refractivity contribution >= 4 is 11.0 Å². The number of nitrogens with zero attached hydrogens (tertiary/aromatic N) is 1. The van der Waals surface area contributed by atoms with Crippen LogP contribution in [0.15, 0.2) is 22.7 Å². The molecule has 0 N–H and O–H groups in total. The van der Waals surface area contributed by atoms with Crippen molar-refractivity contribution in [1.29, 1.82) is 0 Å². The minimum atomic E-state index is -0.397. The summed E-state index contributed by atoms with van der Waals surface area (Å²) in [5.74, 6) is -0.397. The van der Waals surface area contributed by atoms with Crippen molar-refractivity contribution in [2.75, 3.05) is 0 Å². The molecule has 10 heavy (non-hydrogen) atoms. The molecule has 2 rings (SSSR count). The predicted molar refractivity (Wildman–Crippen MR) is 32.8 cm³/mol. The van der Waals surface area contributed by atoms with Crippen LogP contribution in [0, 0.1) is 12.0 Å². The molecule has 2 nitrogen and oxygen atoms in total. The second kappa shape index (κ2) is 1.80. The van der Waals surface area contributed by atoms with Crippen molar-refractivity contribution in [3.05, 3.63) is 30.2 Å². The molecule has 1 aromatic heterocycles. The van der Waals surface area contributed by atoms with Crippen LogP contribution >= 0.6 is 0 Å². The maximum Gasteiger partial charge on any atom is 0.203 e. The molecule has 49 valence electrons. The summed E-state index contributed by atoms with van der Waals surface area (Å²) < 4.78 is 17.2. The third-order valence-electron chi connectivity index (χ3n) is 1.27. The van der Waals surface area contributed by atoms with Gasteiger partial charge in [-0.15, -0.1) is 0 Å². The van der Waals surface area contributed by atoms with Crippen LogP contribution in [0.1, 0.15) is 0 Å². The Labute approximate surface area is 56.2 Å². The van der Waals surface area contributed by atoms with Crippen LogP contribution in [0.3, 0.4) is 0 Å². The van der Waals surface area contributed by atoms with Gasteiger partial charge in [0.05, 0.1) is 5.39 Å². The highest BCUT2D eigenvalue weighted by Gasteiger charge is 2.02. The van der Waals surface area contributed by atoms with E-state index in [9.17, 15) is 4.39 Å². The zero-order chi connectivity index (χ0) is 6.97. The Morgan fingerprint density at radius 1 is 1.50 bits per heavy atom. The number of hydrogen-bond acceptors (Lipinski definition) is 2. The summed E-state index contributed by atoms with van der Waals surface area (Å²) in [4.78, 5) is 0. The Hall–Kier alpha value is -1.38. The summed E-state index contributed by atoms with van der Waals surface area (Å²) >= 11 is 0. The maximum atomic E-state index is 12.7. The molecule has 0 aliphatic heterocycles. The molecule has 0 aliphatic carbocycles. The van der Waals surface area contributed by atoms with Gasteiger partial charge >= 0.3 is 0 Å². The first-order valence-electron chi connectivity index (χ1n) is 2.79. The number of fused-ring (bicyclic) bond motifs is 1. The van der Waals surface area contributed by atoms with Crippen molar-refractivity contribution in [3.8, 4) is 0 Å². The van der Waals surface area contributed by atoms with Gasteiger partial charge in [-0.25, -0.2) is 4.39 Å². The van der Waals surface area contributed by atoms with E-state index in [0.717, 1.165) is 0 Å². The van der Waals surface area contributed by atoms with Crippen LogP contribution < -0.4 is 0 Å². The van der Waals surface area contributed by atoms with Gasteiger partial charge in [0.1, 0.15) is 6.20 Å². The summed E-state index contributed by atoms with van der Waals surface area (Å²) in [6, 6.07) is 4.60. The fourth-order valence-electron chi connectivity index (χ4n) is 0.807. The Kier molecular flexibility index (Phi) is 0.974. The van der Waals surface area contributed by atoms with Crippen molar-refractivity contribution in [1.82, 2.24) is 5.16 Å². The zero-order valence-corrected chi connectivity index (χ0v) is 4.97. The first-order chi connectivity index (χ1) is 4.88. The number of aromatic nitrogens is 1. The van der Waals surface area contributed by atoms with E-state index in [2.05, 4.69) is 15.9 Å². The Morgan fingerprint density at radius 3 is 3.20 bits per heavy atom. The number of para-hydroxylation sites is 1. The van der Waals surface area contributed by atoms with Gasteiger partial charge in [-0.2, -0.15) is 0 Å². The molecule has 0 saturated heterocycles. The predicted octanol–water partition coefficient (Wildman–Crippen LogP) is 1.77. The minimum absolute atomic E-state index is 0.169. The third kappa shape index (κ3) is 0.603. The van der Waals surface area contributed by atoms with Crippen LogP contribution in [-0.2, 0) is 0 Å². The van der Waals surface area contributed by atoms with Crippen LogP contribution in [0.2, 0.25) is 0 Å². The minimum Gasteiger partial charge on any atom is -0.352 e. The van der Waals surface area contributed by atoms with Gasteiger partial charge in [-0.1, -0.05) is 11.2 Å². The fourth-order valence-corrected chi connectivity index (χ4v) is 0.807.